The van der Waals surface area contributed by atoms with Crippen LogP contribution in [0.1, 0.15) is 19.8 Å². The highest BCUT2D eigenvalue weighted by atomic mass is 32.2. The minimum atomic E-state index is -4.63. The monoisotopic (exact) mass is 232 g/mol. The lowest BCUT2D eigenvalue weighted by molar-refractivity contribution is -0.152. The first-order chi connectivity index (χ1) is 6.27. The Morgan fingerprint density at radius 2 is 1.93 bits per heavy atom. The summed E-state index contributed by atoms with van der Waals surface area (Å²) in [4.78, 5) is 0. The molecule has 0 heterocycles. The predicted octanol–water partition coefficient (Wildman–Crippen LogP) is 2.21. The van der Waals surface area contributed by atoms with Gasteiger partial charge in [-0.25, -0.2) is 0 Å². The van der Waals surface area contributed by atoms with Crippen molar-refractivity contribution in [2.45, 2.75) is 25.9 Å². The number of halogens is 3. The predicted molar refractivity (Wildman–Crippen MR) is 45.0 cm³/mol. The molecule has 0 unspecified atom stereocenters. The second kappa shape index (κ2) is 5.35. The zero-order chi connectivity index (χ0) is 11.2. The highest BCUT2D eigenvalue weighted by Gasteiger charge is 2.30. The van der Waals surface area contributed by atoms with Crippen molar-refractivity contribution in [2.24, 2.45) is 0 Å². The van der Waals surface area contributed by atoms with Crippen LogP contribution in [-0.2, 0) is 14.3 Å². The fourth-order valence-corrected chi connectivity index (χ4v) is 1.29. The number of allylic oxidation sites excluding steroid dienone is 1. The van der Waals surface area contributed by atoms with Gasteiger partial charge in [-0.15, -0.1) is 0 Å². The van der Waals surface area contributed by atoms with Crippen LogP contribution in [0.15, 0.2) is 11.5 Å². The Morgan fingerprint density at radius 3 is 2.36 bits per heavy atom. The summed E-state index contributed by atoms with van der Waals surface area (Å²) >= 11 is 0. The Morgan fingerprint density at radius 1 is 1.36 bits per heavy atom. The van der Waals surface area contributed by atoms with Crippen LogP contribution in [0, 0.1) is 0 Å². The van der Waals surface area contributed by atoms with Crippen molar-refractivity contribution in [3.63, 3.8) is 0 Å². The first-order valence-corrected chi connectivity index (χ1v) is 5.36. The third-order valence-corrected chi connectivity index (χ3v) is 2.08. The van der Waals surface area contributed by atoms with E-state index in [9.17, 15) is 21.6 Å². The second-order valence-electron chi connectivity index (χ2n) is 2.53. The van der Waals surface area contributed by atoms with Gasteiger partial charge in [-0.2, -0.15) is 21.6 Å². The summed E-state index contributed by atoms with van der Waals surface area (Å²) in [7, 11) is -4.19. The Balaban J connectivity index is 4.10. The second-order valence-corrected chi connectivity index (χ2v) is 4.02. The molecule has 0 saturated heterocycles. The molecule has 0 aliphatic carbocycles. The highest BCUT2D eigenvalue weighted by molar-refractivity contribution is 7.89. The summed E-state index contributed by atoms with van der Waals surface area (Å²) in [5, 5.41) is 0.641. The molecular formula is C7H11F3O3S. The Labute approximate surface area is 80.7 Å². The topological polar surface area (TPSA) is 43.4 Å². The average Bonchev–Trinajstić information content (AvgIpc) is 2.00. The molecule has 0 aliphatic rings. The van der Waals surface area contributed by atoms with Crippen LogP contribution >= 0.6 is 0 Å². The lowest BCUT2D eigenvalue weighted by Gasteiger charge is -2.04. The summed E-state index contributed by atoms with van der Waals surface area (Å²) in [6.45, 7) is 0.0271. The van der Waals surface area contributed by atoms with Crippen LogP contribution in [0.25, 0.3) is 0 Å². The summed E-state index contributed by atoms with van der Waals surface area (Å²) in [6, 6.07) is 0. The maximum absolute atomic E-state index is 11.6. The molecule has 0 bridgehead atoms. The Bertz CT molecular complexity index is 279. The standard InChI is InChI=1S/C7H11F3O3S/c1-2-3-4-5-14(11,12)13-6-7(8,9)10/h4-5H,2-3,6H2,1H3/b5-4+. The third-order valence-electron chi connectivity index (χ3n) is 1.11. The van der Waals surface area contributed by atoms with Gasteiger partial charge >= 0.3 is 6.18 Å². The van der Waals surface area contributed by atoms with Crippen molar-refractivity contribution < 1.29 is 25.8 Å². The average molecular weight is 232 g/mol. The summed E-state index contributed by atoms with van der Waals surface area (Å²) in [5.74, 6) is 0. The van der Waals surface area contributed by atoms with E-state index in [0.29, 0.717) is 18.2 Å². The number of rotatable bonds is 5. The van der Waals surface area contributed by atoms with E-state index >= 15 is 0 Å². The lowest BCUT2D eigenvalue weighted by Crippen LogP contribution is -2.19. The Kier molecular flexibility index (Phi) is 5.14. The molecule has 0 atom stereocenters. The number of alkyl halides is 3. The fraction of sp³-hybridized carbons (Fsp3) is 0.714. The SMILES string of the molecule is CCC/C=C/S(=O)(=O)OCC(F)(F)F. The molecule has 3 nitrogen and oxygen atoms in total. The number of hydrogen-bond donors (Lipinski definition) is 0. The van der Waals surface area contributed by atoms with E-state index in [4.69, 9.17) is 0 Å². The summed E-state index contributed by atoms with van der Waals surface area (Å²) < 4.78 is 59.9. The first-order valence-electron chi connectivity index (χ1n) is 3.89. The smallest absolute Gasteiger partial charge is 0.257 e. The highest BCUT2D eigenvalue weighted by Crippen LogP contribution is 2.16. The van der Waals surface area contributed by atoms with Gasteiger partial charge in [-0.1, -0.05) is 19.4 Å². The number of hydrogen-bond acceptors (Lipinski definition) is 3. The largest absolute Gasteiger partial charge is 0.413 e. The van der Waals surface area contributed by atoms with Crippen LogP contribution in [0.3, 0.4) is 0 Å². The van der Waals surface area contributed by atoms with E-state index in [-0.39, 0.29) is 0 Å². The van der Waals surface area contributed by atoms with Crippen LogP contribution in [0.5, 0.6) is 0 Å². The summed E-state index contributed by atoms with van der Waals surface area (Å²) in [5.41, 5.74) is 0. The molecule has 0 spiro atoms. The molecule has 0 aliphatic heterocycles. The molecule has 0 aromatic heterocycles. The fourth-order valence-electron chi connectivity index (χ4n) is 0.541. The minimum absolute atomic E-state index is 0.481. The molecule has 0 aromatic carbocycles. The molecule has 0 radical (unpaired) electrons. The molecular weight excluding hydrogens is 221 g/mol. The van der Waals surface area contributed by atoms with Crippen molar-refractivity contribution in [1.82, 2.24) is 0 Å². The molecule has 84 valence electrons. The van der Waals surface area contributed by atoms with Gasteiger partial charge in [-0.05, 0) is 6.42 Å². The molecule has 0 aromatic rings. The molecule has 0 saturated carbocycles. The number of unbranched alkanes of at least 4 members (excludes halogenated alkanes) is 1. The van der Waals surface area contributed by atoms with Crippen molar-refractivity contribution in [2.75, 3.05) is 6.61 Å². The van der Waals surface area contributed by atoms with Crippen LogP contribution in [-0.4, -0.2) is 21.2 Å². The molecule has 0 amide bonds. The van der Waals surface area contributed by atoms with Crippen LogP contribution in [0.4, 0.5) is 13.2 Å². The Hall–Kier alpha value is -0.560. The van der Waals surface area contributed by atoms with Gasteiger partial charge in [0.1, 0.15) is 0 Å². The van der Waals surface area contributed by atoms with E-state index in [0.717, 1.165) is 0 Å². The molecule has 14 heavy (non-hydrogen) atoms. The maximum Gasteiger partial charge on any atom is 0.413 e. The van der Waals surface area contributed by atoms with E-state index in [1.54, 1.807) is 0 Å². The minimum Gasteiger partial charge on any atom is -0.257 e. The van der Waals surface area contributed by atoms with Gasteiger partial charge in [0.25, 0.3) is 10.1 Å². The van der Waals surface area contributed by atoms with Crippen molar-refractivity contribution in [1.29, 1.82) is 0 Å². The van der Waals surface area contributed by atoms with Gasteiger partial charge in [-0.3, -0.25) is 4.18 Å². The molecule has 0 rings (SSSR count). The van der Waals surface area contributed by atoms with Gasteiger partial charge in [0.05, 0.1) is 5.41 Å². The van der Waals surface area contributed by atoms with Gasteiger partial charge in [0.2, 0.25) is 0 Å². The normalized spacial score (nSPS) is 13.7. The van der Waals surface area contributed by atoms with Gasteiger partial charge in [0.15, 0.2) is 6.61 Å². The third kappa shape index (κ3) is 8.06. The van der Waals surface area contributed by atoms with Gasteiger partial charge < -0.3 is 0 Å². The zero-order valence-electron chi connectivity index (χ0n) is 7.54. The van der Waals surface area contributed by atoms with Crippen LogP contribution < -0.4 is 0 Å². The molecule has 0 fully saturated rings. The van der Waals surface area contributed by atoms with Gasteiger partial charge in [0, 0.05) is 0 Å². The zero-order valence-corrected chi connectivity index (χ0v) is 8.36. The maximum atomic E-state index is 11.6. The van der Waals surface area contributed by atoms with E-state index in [2.05, 4.69) is 4.18 Å². The van der Waals surface area contributed by atoms with E-state index in [1.807, 2.05) is 6.92 Å². The van der Waals surface area contributed by atoms with Crippen molar-refractivity contribution >= 4 is 10.1 Å². The summed E-state index contributed by atoms with van der Waals surface area (Å²) in [6.07, 6.45) is -2.18. The first kappa shape index (κ1) is 13.4. The lowest BCUT2D eigenvalue weighted by atomic mass is 10.3. The van der Waals surface area contributed by atoms with Crippen LogP contribution in [0.2, 0.25) is 0 Å². The molecule has 0 N–H and O–H groups in total. The van der Waals surface area contributed by atoms with Crippen molar-refractivity contribution in [3.8, 4) is 0 Å². The quantitative estimate of drug-likeness (QED) is 0.682. The molecule has 7 heteroatoms. The van der Waals surface area contributed by atoms with Crippen molar-refractivity contribution in [3.05, 3.63) is 11.5 Å². The van der Waals surface area contributed by atoms with E-state index in [1.165, 1.54) is 6.08 Å². The van der Waals surface area contributed by atoms with E-state index < -0.39 is 22.9 Å².